The van der Waals surface area contributed by atoms with Crippen LogP contribution < -0.4 is 0 Å². The summed E-state index contributed by atoms with van der Waals surface area (Å²) >= 11 is 0. The van der Waals surface area contributed by atoms with Crippen LogP contribution in [-0.2, 0) is 65.4 Å². The molecule has 0 saturated carbocycles. The van der Waals surface area contributed by atoms with Crippen molar-refractivity contribution in [2.24, 2.45) is 17.8 Å². The van der Waals surface area contributed by atoms with Gasteiger partial charge in [-0.15, -0.1) is 0 Å². The summed E-state index contributed by atoms with van der Waals surface area (Å²) in [5, 5.41) is 10.6. The van der Waals surface area contributed by atoms with Crippen molar-refractivity contribution in [3.63, 3.8) is 0 Å². The summed E-state index contributed by atoms with van der Waals surface area (Å²) in [6.07, 6.45) is 53.0. The van der Waals surface area contributed by atoms with E-state index in [0.717, 1.165) is 102 Å². The quantitative estimate of drug-likeness (QED) is 0.0222. The van der Waals surface area contributed by atoms with Gasteiger partial charge in [0, 0.05) is 25.7 Å². The fourth-order valence-electron chi connectivity index (χ4n) is 11.6. The third-order valence-electron chi connectivity index (χ3n) is 18.0. The van der Waals surface area contributed by atoms with E-state index < -0.39 is 97.5 Å². The Bertz CT molecular complexity index is 1850. The molecule has 0 spiro atoms. The Morgan fingerprint density at radius 3 is 0.800 bits per heavy atom. The number of phosphoric ester groups is 2. The minimum atomic E-state index is -4.96. The summed E-state index contributed by atoms with van der Waals surface area (Å²) in [5.41, 5.74) is 0. The normalized spacial score (nSPS) is 14.4. The van der Waals surface area contributed by atoms with E-state index in [0.29, 0.717) is 31.6 Å². The van der Waals surface area contributed by atoms with Gasteiger partial charge < -0.3 is 33.8 Å². The average molecular weight is 1400 g/mol. The van der Waals surface area contributed by atoms with Crippen LogP contribution >= 0.6 is 15.6 Å². The average Bonchev–Trinajstić information content (AvgIpc) is 1.58. The fraction of sp³-hybridized carbons (Fsp3) is 0.947. The summed E-state index contributed by atoms with van der Waals surface area (Å²) in [5.74, 6) is 0.198. The number of ether oxygens (including phenoxy) is 4. The highest BCUT2D eigenvalue weighted by Crippen LogP contribution is 2.45. The van der Waals surface area contributed by atoms with Gasteiger partial charge in [-0.2, -0.15) is 0 Å². The number of hydrogen-bond acceptors (Lipinski definition) is 15. The maximum absolute atomic E-state index is 13.1. The van der Waals surface area contributed by atoms with Gasteiger partial charge in [-0.1, -0.05) is 337 Å². The molecule has 0 radical (unpaired) electrons. The summed E-state index contributed by atoms with van der Waals surface area (Å²) in [4.78, 5) is 72.6. The first-order chi connectivity index (χ1) is 45.8. The van der Waals surface area contributed by atoms with E-state index in [4.69, 9.17) is 37.0 Å². The smallest absolute Gasteiger partial charge is 0.462 e. The number of phosphoric acid groups is 2. The Labute approximate surface area is 581 Å². The number of aliphatic hydroxyl groups is 1. The highest BCUT2D eigenvalue weighted by molar-refractivity contribution is 7.47. The van der Waals surface area contributed by atoms with Crippen LogP contribution in [0.15, 0.2) is 0 Å². The number of hydrogen-bond donors (Lipinski definition) is 3. The molecular formula is C76H148O17P2. The lowest BCUT2D eigenvalue weighted by Gasteiger charge is -2.21. The lowest BCUT2D eigenvalue weighted by molar-refractivity contribution is -0.161. The second-order valence-electron chi connectivity index (χ2n) is 28.6. The van der Waals surface area contributed by atoms with Gasteiger partial charge in [-0.05, 0) is 43.4 Å². The van der Waals surface area contributed by atoms with Crippen molar-refractivity contribution in [2.75, 3.05) is 39.6 Å². The van der Waals surface area contributed by atoms with Gasteiger partial charge in [-0.25, -0.2) is 9.13 Å². The Hall–Kier alpha value is -1.94. The zero-order chi connectivity index (χ0) is 70.1. The highest BCUT2D eigenvalue weighted by atomic mass is 31.2. The predicted molar refractivity (Wildman–Crippen MR) is 386 cm³/mol. The van der Waals surface area contributed by atoms with E-state index in [2.05, 4.69) is 48.5 Å². The van der Waals surface area contributed by atoms with Crippen LogP contribution in [0.1, 0.15) is 389 Å². The summed E-state index contributed by atoms with van der Waals surface area (Å²) < 4.78 is 68.4. The van der Waals surface area contributed by atoms with Crippen LogP contribution in [0.3, 0.4) is 0 Å². The topological polar surface area (TPSA) is 237 Å². The number of aliphatic hydroxyl groups excluding tert-OH is 1. The maximum Gasteiger partial charge on any atom is 0.472 e. The first-order valence-electron chi connectivity index (χ1n) is 39.4. The van der Waals surface area contributed by atoms with Gasteiger partial charge in [0.1, 0.15) is 19.3 Å². The van der Waals surface area contributed by atoms with Crippen LogP contribution in [0.4, 0.5) is 0 Å². The van der Waals surface area contributed by atoms with E-state index in [1.807, 2.05) is 0 Å². The molecule has 95 heavy (non-hydrogen) atoms. The molecule has 0 amide bonds. The van der Waals surface area contributed by atoms with Gasteiger partial charge >= 0.3 is 39.5 Å². The third-order valence-corrected chi connectivity index (χ3v) is 19.9. The van der Waals surface area contributed by atoms with Crippen LogP contribution in [0.5, 0.6) is 0 Å². The molecule has 0 aromatic heterocycles. The van der Waals surface area contributed by atoms with E-state index in [1.54, 1.807) is 0 Å². The Morgan fingerprint density at radius 2 is 0.537 bits per heavy atom. The first-order valence-corrected chi connectivity index (χ1v) is 42.4. The Balaban J connectivity index is 5.16. The van der Waals surface area contributed by atoms with Gasteiger partial charge in [-0.3, -0.25) is 37.3 Å². The monoisotopic (exact) mass is 1400 g/mol. The van der Waals surface area contributed by atoms with Crippen molar-refractivity contribution >= 4 is 39.5 Å². The van der Waals surface area contributed by atoms with Gasteiger partial charge in [0.2, 0.25) is 0 Å². The molecule has 0 aliphatic heterocycles. The maximum atomic E-state index is 13.1. The molecule has 0 saturated heterocycles. The highest BCUT2D eigenvalue weighted by Gasteiger charge is 2.30. The van der Waals surface area contributed by atoms with E-state index in [1.165, 1.54) is 199 Å². The van der Waals surface area contributed by atoms with Crippen molar-refractivity contribution in [1.29, 1.82) is 0 Å². The molecule has 0 fully saturated rings. The van der Waals surface area contributed by atoms with E-state index in [-0.39, 0.29) is 25.7 Å². The molecule has 0 aromatic rings. The largest absolute Gasteiger partial charge is 0.472 e. The van der Waals surface area contributed by atoms with Crippen molar-refractivity contribution in [2.45, 2.75) is 407 Å². The SMILES string of the molecule is CCCCCCCCCCCC(=O)OC[C@H](COP(=O)(O)OC[C@H](O)COP(=O)(O)OC[C@@H](COC(=O)CCCCCCCCCCCCCCC(C)C)OC(=O)CCCCCCCCCCCCCCCCCCCCC(C)CC)OC(=O)CCCCCCCCC(C)C. The van der Waals surface area contributed by atoms with Crippen LogP contribution in [0, 0.1) is 17.8 Å². The second kappa shape index (κ2) is 66.6. The summed E-state index contributed by atoms with van der Waals surface area (Å²) in [6.45, 7) is 11.9. The molecular weight excluding hydrogens is 1250 g/mol. The van der Waals surface area contributed by atoms with Crippen LogP contribution in [-0.4, -0.2) is 96.7 Å². The molecule has 17 nitrogen and oxygen atoms in total. The van der Waals surface area contributed by atoms with Crippen molar-refractivity contribution in [1.82, 2.24) is 0 Å². The first kappa shape index (κ1) is 93.1. The molecule has 0 aliphatic carbocycles. The molecule has 3 N–H and O–H groups in total. The molecule has 564 valence electrons. The molecule has 0 rings (SSSR count). The van der Waals surface area contributed by atoms with Crippen LogP contribution in [0.2, 0.25) is 0 Å². The number of esters is 4. The van der Waals surface area contributed by atoms with Gasteiger partial charge in [0.25, 0.3) is 0 Å². The Kier molecular flexibility index (Phi) is 65.2. The number of unbranched alkanes of at least 4 members (excludes halogenated alkanes) is 41. The van der Waals surface area contributed by atoms with Crippen LogP contribution in [0.25, 0.3) is 0 Å². The third kappa shape index (κ3) is 69.0. The molecule has 6 atom stereocenters. The lowest BCUT2D eigenvalue weighted by atomic mass is 9.99. The summed E-state index contributed by atoms with van der Waals surface area (Å²) in [7, 11) is -9.91. The zero-order valence-corrected chi connectivity index (χ0v) is 63.9. The lowest BCUT2D eigenvalue weighted by Crippen LogP contribution is -2.30. The van der Waals surface area contributed by atoms with Gasteiger partial charge in [0.05, 0.1) is 26.4 Å². The Morgan fingerprint density at radius 1 is 0.305 bits per heavy atom. The second-order valence-corrected chi connectivity index (χ2v) is 31.5. The minimum Gasteiger partial charge on any atom is -0.462 e. The molecule has 0 heterocycles. The van der Waals surface area contributed by atoms with Gasteiger partial charge in [0.15, 0.2) is 12.2 Å². The molecule has 0 aromatic carbocycles. The molecule has 0 bridgehead atoms. The summed E-state index contributed by atoms with van der Waals surface area (Å²) in [6, 6.07) is 0. The standard InChI is InChI=1S/C76H148O17P2/c1-8-10-11-12-13-28-35-43-50-57-73(78)86-64-72(93-76(81)60-53-46-39-38-41-48-55-68(5)6)66-91-95(84,85)89-62-70(77)61-88-94(82,83)90-65-71(63-87-74(79)58-51-44-36-31-26-23-22-24-29-33-40-47-54-67(3)4)92-75(80)59-52-45-37-32-27-21-19-17-15-14-16-18-20-25-30-34-42-49-56-69(7)9-2/h67-72,77H,8-66H2,1-7H3,(H,82,83)(H,84,85)/t69?,70-,71-,72-/m1/s1. The van der Waals surface area contributed by atoms with E-state index >= 15 is 0 Å². The number of carbonyl (C=O) groups is 4. The zero-order valence-electron chi connectivity index (χ0n) is 62.1. The van der Waals surface area contributed by atoms with Crippen molar-refractivity contribution in [3.8, 4) is 0 Å². The number of carbonyl (C=O) groups excluding carboxylic acids is 4. The fourth-order valence-corrected chi connectivity index (χ4v) is 13.1. The molecule has 0 aliphatic rings. The number of rotatable bonds is 74. The molecule has 19 heteroatoms. The van der Waals surface area contributed by atoms with Crippen molar-refractivity contribution < 1.29 is 80.2 Å². The minimum absolute atomic E-state index is 0.102. The van der Waals surface area contributed by atoms with E-state index in [9.17, 15) is 43.2 Å². The molecule has 3 unspecified atom stereocenters. The van der Waals surface area contributed by atoms with Crippen molar-refractivity contribution in [3.05, 3.63) is 0 Å². The predicted octanol–water partition coefficient (Wildman–Crippen LogP) is 22.2.